The molecule has 2 heterocycles. The fourth-order valence-electron chi connectivity index (χ4n) is 3.31. The first-order chi connectivity index (χ1) is 12.4. The molecule has 0 aliphatic carbocycles. The second kappa shape index (κ2) is 8.31. The summed E-state index contributed by atoms with van der Waals surface area (Å²) in [6.45, 7) is 7.17. The summed E-state index contributed by atoms with van der Waals surface area (Å²) < 4.78 is 2.17. The van der Waals surface area contributed by atoms with E-state index in [1.807, 2.05) is 6.07 Å². The minimum atomic E-state index is -0.204. The number of nitrogens with one attached hydrogen (secondary N) is 1. The van der Waals surface area contributed by atoms with Crippen molar-refractivity contribution >= 4 is 32.7 Å². The fourth-order valence-corrected chi connectivity index (χ4v) is 3.68. The van der Waals surface area contributed by atoms with E-state index in [2.05, 4.69) is 45.0 Å². The Labute approximate surface area is 161 Å². The average Bonchev–Trinajstić information content (AvgIpc) is 2.63. The number of benzene rings is 1. The largest absolute Gasteiger partial charge is 0.353 e. The van der Waals surface area contributed by atoms with E-state index in [1.165, 1.54) is 23.7 Å². The van der Waals surface area contributed by atoms with Gasteiger partial charge in [0.15, 0.2) is 0 Å². The number of likely N-dealkylation sites (tertiary alicyclic amines) is 1. The van der Waals surface area contributed by atoms with Crippen molar-refractivity contribution in [3.8, 4) is 0 Å². The van der Waals surface area contributed by atoms with Gasteiger partial charge in [0.05, 0.1) is 17.2 Å². The molecule has 1 aliphatic heterocycles. The van der Waals surface area contributed by atoms with Gasteiger partial charge >= 0.3 is 0 Å². The van der Waals surface area contributed by atoms with Crippen LogP contribution in [0.5, 0.6) is 0 Å². The van der Waals surface area contributed by atoms with Gasteiger partial charge in [0, 0.05) is 17.1 Å². The molecule has 1 atom stereocenters. The summed E-state index contributed by atoms with van der Waals surface area (Å²) in [5.74, 6) is 0.626. The highest BCUT2D eigenvalue weighted by Gasteiger charge is 2.20. The Morgan fingerprint density at radius 3 is 2.85 bits per heavy atom. The Hall–Kier alpha value is -1.73. The van der Waals surface area contributed by atoms with Crippen LogP contribution >= 0.6 is 15.9 Å². The van der Waals surface area contributed by atoms with Crippen molar-refractivity contribution < 1.29 is 4.79 Å². The van der Waals surface area contributed by atoms with E-state index >= 15 is 0 Å². The third-order valence-electron chi connectivity index (χ3n) is 5.14. The highest BCUT2D eigenvalue weighted by Crippen LogP contribution is 2.17. The van der Waals surface area contributed by atoms with Crippen molar-refractivity contribution in [1.82, 2.24) is 19.8 Å². The summed E-state index contributed by atoms with van der Waals surface area (Å²) in [5, 5.41) is 3.45. The average molecular weight is 421 g/mol. The molecule has 6 nitrogen and oxygen atoms in total. The zero-order chi connectivity index (χ0) is 18.7. The van der Waals surface area contributed by atoms with Crippen LogP contribution in [-0.2, 0) is 11.3 Å². The molecule has 1 aliphatic rings. The number of carbonyl (C=O) groups excluding carboxylic acids is 1. The van der Waals surface area contributed by atoms with Gasteiger partial charge in [-0.1, -0.05) is 22.9 Å². The molecule has 1 aromatic carbocycles. The second-order valence-electron chi connectivity index (χ2n) is 7.21. The lowest BCUT2D eigenvalue weighted by atomic mass is 9.98. The van der Waals surface area contributed by atoms with Crippen LogP contribution in [0.1, 0.15) is 26.7 Å². The molecule has 1 unspecified atom stereocenters. The molecule has 140 valence electrons. The summed E-state index contributed by atoms with van der Waals surface area (Å²) in [6.07, 6.45) is 3.87. The van der Waals surface area contributed by atoms with Crippen LogP contribution in [0, 0.1) is 5.92 Å². The van der Waals surface area contributed by atoms with Crippen LogP contribution in [-0.4, -0.2) is 46.0 Å². The second-order valence-corrected chi connectivity index (χ2v) is 8.13. The molecule has 0 spiro atoms. The minimum Gasteiger partial charge on any atom is -0.353 e. The summed E-state index contributed by atoms with van der Waals surface area (Å²) >= 11 is 3.36. The number of nitrogens with zero attached hydrogens (tertiary/aromatic N) is 3. The lowest BCUT2D eigenvalue weighted by Crippen LogP contribution is -2.46. The SMILES string of the molecule is CC1CCN(C(C)CNC(=O)Cn2cnc3ccc(Br)cc3c2=O)CC1. The van der Waals surface area contributed by atoms with Crippen LogP contribution < -0.4 is 10.9 Å². The van der Waals surface area contributed by atoms with E-state index in [0.717, 1.165) is 23.5 Å². The maximum absolute atomic E-state index is 12.5. The summed E-state index contributed by atoms with van der Waals surface area (Å²) in [6, 6.07) is 5.66. The van der Waals surface area contributed by atoms with Gasteiger partial charge in [-0.3, -0.25) is 19.1 Å². The molecular formula is C19H25BrN4O2. The standard InChI is InChI=1S/C19H25BrN4O2/c1-13-5-7-23(8-6-13)14(2)10-21-18(25)11-24-12-22-17-4-3-15(20)9-16(17)19(24)26/h3-4,9,12-14H,5-8,10-11H2,1-2H3,(H,21,25). The number of rotatable bonds is 5. The third-order valence-corrected chi connectivity index (χ3v) is 5.63. The van der Waals surface area contributed by atoms with Crippen molar-refractivity contribution in [2.75, 3.05) is 19.6 Å². The number of hydrogen-bond donors (Lipinski definition) is 1. The number of piperidine rings is 1. The predicted molar refractivity (Wildman–Crippen MR) is 106 cm³/mol. The number of aromatic nitrogens is 2. The summed E-state index contributed by atoms with van der Waals surface area (Å²) in [5.41, 5.74) is 0.423. The number of fused-ring (bicyclic) bond motifs is 1. The lowest BCUT2D eigenvalue weighted by molar-refractivity contribution is -0.122. The van der Waals surface area contributed by atoms with Crippen molar-refractivity contribution in [2.45, 2.75) is 39.3 Å². The van der Waals surface area contributed by atoms with Crippen LogP contribution in [0.15, 0.2) is 33.8 Å². The Balaban J connectivity index is 1.59. The van der Waals surface area contributed by atoms with Crippen LogP contribution in [0.4, 0.5) is 0 Å². The predicted octanol–water partition coefficient (Wildman–Crippen LogP) is 2.40. The quantitative estimate of drug-likeness (QED) is 0.805. The van der Waals surface area contributed by atoms with Gasteiger partial charge in [0.2, 0.25) is 5.91 Å². The van der Waals surface area contributed by atoms with E-state index < -0.39 is 0 Å². The zero-order valence-electron chi connectivity index (χ0n) is 15.2. The van der Waals surface area contributed by atoms with E-state index in [-0.39, 0.29) is 18.0 Å². The molecular weight excluding hydrogens is 396 g/mol. The van der Waals surface area contributed by atoms with Gasteiger partial charge in [-0.2, -0.15) is 0 Å². The Bertz CT molecular complexity index is 843. The van der Waals surface area contributed by atoms with Gasteiger partial charge in [0.25, 0.3) is 5.56 Å². The number of carbonyl (C=O) groups is 1. The van der Waals surface area contributed by atoms with E-state index in [1.54, 1.807) is 12.1 Å². The van der Waals surface area contributed by atoms with Crippen molar-refractivity contribution in [1.29, 1.82) is 0 Å². The highest BCUT2D eigenvalue weighted by molar-refractivity contribution is 9.10. The Kier molecular flexibility index (Phi) is 6.09. The van der Waals surface area contributed by atoms with Crippen LogP contribution in [0.25, 0.3) is 10.9 Å². The Morgan fingerprint density at radius 2 is 2.12 bits per heavy atom. The molecule has 0 radical (unpaired) electrons. The summed E-state index contributed by atoms with van der Waals surface area (Å²) in [7, 11) is 0. The van der Waals surface area contributed by atoms with Crippen molar-refractivity contribution in [3.05, 3.63) is 39.4 Å². The van der Waals surface area contributed by atoms with Gasteiger partial charge in [0.1, 0.15) is 6.54 Å². The van der Waals surface area contributed by atoms with Crippen LogP contribution in [0.2, 0.25) is 0 Å². The maximum Gasteiger partial charge on any atom is 0.261 e. The van der Waals surface area contributed by atoms with Gasteiger partial charge in [-0.25, -0.2) is 4.98 Å². The minimum absolute atomic E-state index is 0.0158. The molecule has 1 N–H and O–H groups in total. The topological polar surface area (TPSA) is 67.2 Å². The normalized spacial score (nSPS) is 17.3. The Morgan fingerprint density at radius 1 is 1.38 bits per heavy atom. The molecule has 1 amide bonds. The summed E-state index contributed by atoms with van der Waals surface area (Å²) in [4.78, 5) is 31.5. The molecule has 26 heavy (non-hydrogen) atoms. The molecule has 1 fully saturated rings. The van der Waals surface area contributed by atoms with Crippen molar-refractivity contribution in [2.24, 2.45) is 5.92 Å². The zero-order valence-corrected chi connectivity index (χ0v) is 16.8. The molecule has 3 rings (SSSR count). The van der Waals surface area contributed by atoms with E-state index in [4.69, 9.17) is 0 Å². The monoisotopic (exact) mass is 420 g/mol. The first kappa shape index (κ1) is 19.0. The molecule has 7 heteroatoms. The lowest BCUT2D eigenvalue weighted by Gasteiger charge is -2.35. The van der Waals surface area contributed by atoms with E-state index in [9.17, 15) is 9.59 Å². The molecule has 0 bridgehead atoms. The number of amides is 1. The van der Waals surface area contributed by atoms with Gasteiger partial charge < -0.3 is 5.32 Å². The maximum atomic E-state index is 12.5. The van der Waals surface area contributed by atoms with E-state index in [0.29, 0.717) is 23.5 Å². The molecule has 0 saturated carbocycles. The highest BCUT2D eigenvalue weighted by atomic mass is 79.9. The number of hydrogen-bond acceptors (Lipinski definition) is 4. The first-order valence-corrected chi connectivity index (χ1v) is 9.89. The third kappa shape index (κ3) is 4.51. The molecule has 2 aromatic rings. The molecule has 1 aromatic heterocycles. The smallest absolute Gasteiger partial charge is 0.261 e. The molecule has 1 saturated heterocycles. The number of halogens is 1. The van der Waals surface area contributed by atoms with Gasteiger partial charge in [-0.05, 0) is 57.0 Å². The first-order valence-electron chi connectivity index (χ1n) is 9.09. The van der Waals surface area contributed by atoms with Crippen LogP contribution in [0.3, 0.4) is 0 Å². The fraction of sp³-hybridized carbons (Fsp3) is 0.526. The van der Waals surface area contributed by atoms with Crippen molar-refractivity contribution in [3.63, 3.8) is 0 Å². The van der Waals surface area contributed by atoms with Gasteiger partial charge in [-0.15, -0.1) is 0 Å².